The lowest BCUT2D eigenvalue weighted by molar-refractivity contribution is -0.127. The maximum atomic E-state index is 12.2. The van der Waals surface area contributed by atoms with Crippen molar-refractivity contribution in [2.75, 3.05) is 7.11 Å². The van der Waals surface area contributed by atoms with E-state index in [0.717, 1.165) is 22.4 Å². The summed E-state index contributed by atoms with van der Waals surface area (Å²) in [5.41, 5.74) is 5.47. The van der Waals surface area contributed by atoms with Crippen LogP contribution in [-0.2, 0) is 4.79 Å². The van der Waals surface area contributed by atoms with Crippen LogP contribution in [0.25, 0.3) is 0 Å². The maximum absolute atomic E-state index is 12.2. The molecule has 1 unspecified atom stereocenters. The minimum atomic E-state index is -0.779. The lowest BCUT2D eigenvalue weighted by atomic mass is 9.97. The smallest absolute Gasteiger partial charge is 0.280 e. The van der Waals surface area contributed by atoms with Crippen LogP contribution in [0.3, 0.4) is 0 Å². The van der Waals surface area contributed by atoms with Crippen LogP contribution in [0.2, 0.25) is 10.0 Å². The topological polar surface area (TPSA) is 59.9 Å². The molecule has 0 aliphatic rings. The first-order valence-electron chi connectivity index (χ1n) is 8.86. The van der Waals surface area contributed by atoms with Gasteiger partial charge in [-0.1, -0.05) is 37.0 Å². The zero-order chi connectivity index (χ0) is 20.8. The van der Waals surface area contributed by atoms with Gasteiger partial charge in [0.2, 0.25) is 0 Å². The number of carbonyl (C=O) groups is 1. The van der Waals surface area contributed by atoms with Gasteiger partial charge < -0.3 is 9.47 Å². The number of aryl methyl sites for hydroxylation is 1. The van der Waals surface area contributed by atoms with Crippen molar-refractivity contribution in [2.45, 2.75) is 39.7 Å². The number of halogens is 2. The highest BCUT2D eigenvalue weighted by atomic mass is 35.5. The summed E-state index contributed by atoms with van der Waals surface area (Å²) in [4.78, 5) is 12.2. The van der Waals surface area contributed by atoms with Gasteiger partial charge in [-0.25, -0.2) is 5.43 Å². The Morgan fingerprint density at radius 3 is 2.46 bits per heavy atom. The molecule has 0 heterocycles. The second-order valence-corrected chi connectivity index (χ2v) is 7.52. The molecule has 2 rings (SSSR count). The first-order valence-corrected chi connectivity index (χ1v) is 9.61. The predicted octanol–water partition coefficient (Wildman–Crippen LogP) is 5.35. The number of benzene rings is 2. The Bertz CT molecular complexity index is 882. The standard InChI is InChI=1S/C21H24Cl2N2O3/c1-12(2)17-9-15(13(3)8-20(17)27-5)11-24-25-21(26)14(4)28-19-7-6-16(22)10-18(19)23/h6-12,14H,1-5H3,(H,25,26). The summed E-state index contributed by atoms with van der Waals surface area (Å²) in [6, 6.07) is 8.80. The molecule has 2 aromatic rings. The number of hydrogen-bond donors (Lipinski definition) is 1. The van der Waals surface area contributed by atoms with Gasteiger partial charge >= 0.3 is 0 Å². The predicted molar refractivity (Wildman–Crippen MR) is 114 cm³/mol. The summed E-state index contributed by atoms with van der Waals surface area (Å²) in [7, 11) is 1.66. The van der Waals surface area contributed by atoms with Gasteiger partial charge in [-0.05, 0) is 66.8 Å². The fourth-order valence-corrected chi connectivity index (χ4v) is 3.01. The molecule has 0 aromatic heterocycles. The van der Waals surface area contributed by atoms with Crippen LogP contribution >= 0.6 is 23.2 Å². The molecule has 5 nitrogen and oxygen atoms in total. The summed E-state index contributed by atoms with van der Waals surface area (Å²) in [5.74, 6) is 1.13. The molecule has 0 aliphatic heterocycles. The fraction of sp³-hybridized carbons (Fsp3) is 0.333. The third kappa shape index (κ3) is 5.63. The Hall–Kier alpha value is -2.24. The summed E-state index contributed by atoms with van der Waals surface area (Å²) < 4.78 is 11.0. The summed E-state index contributed by atoms with van der Waals surface area (Å²) in [6.07, 6.45) is 0.833. The molecule has 0 fully saturated rings. The monoisotopic (exact) mass is 422 g/mol. The number of ether oxygens (including phenoxy) is 2. The van der Waals surface area contributed by atoms with Crippen molar-refractivity contribution in [2.24, 2.45) is 5.10 Å². The highest BCUT2D eigenvalue weighted by Gasteiger charge is 2.16. The van der Waals surface area contributed by atoms with E-state index >= 15 is 0 Å². The molecule has 0 radical (unpaired) electrons. The van der Waals surface area contributed by atoms with Gasteiger partial charge in [-0.15, -0.1) is 0 Å². The summed E-state index contributed by atoms with van der Waals surface area (Å²) >= 11 is 11.9. The van der Waals surface area contributed by atoms with Crippen molar-refractivity contribution >= 4 is 35.3 Å². The van der Waals surface area contributed by atoms with Crippen LogP contribution in [0.4, 0.5) is 0 Å². The third-order valence-electron chi connectivity index (χ3n) is 4.19. The van der Waals surface area contributed by atoms with E-state index < -0.39 is 12.0 Å². The lowest BCUT2D eigenvalue weighted by Gasteiger charge is -2.15. The average Bonchev–Trinajstić information content (AvgIpc) is 2.64. The molecule has 2 aromatic carbocycles. The van der Waals surface area contributed by atoms with E-state index in [2.05, 4.69) is 24.4 Å². The minimum absolute atomic E-state index is 0.301. The number of hydrazone groups is 1. The molecule has 0 bridgehead atoms. The lowest BCUT2D eigenvalue weighted by Crippen LogP contribution is -2.33. The number of rotatable bonds is 7. The van der Waals surface area contributed by atoms with Crippen molar-refractivity contribution < 1.29 is 14.3 Å². The molecule has 1 amide bonds. The molecule has 0 saturated carbocycles. The van der Waals surface area contributed by atoms with Crippen molar-refractivity contribution in [3.63, 3.8) is 0 Å². The zero-order valence-electron chi connectivity index (χ0n) is 16.5. The largest absolute Gasteiger partial charge is 0.496 e. The molecule has 0 saturated heterocycles. The number of hydrogen-bond acceptors (Lipinski definition) is 4. The van der Waals surface area contributed by atoms with Crippen LogP contribution < -0.4 is 14.9 Å². The van der Waals surface area contributed by atoms with Crippen LogP contribution in [0, 0.1) is 6.92 Å². The first kappa shape index (κ1) is 22.1. The molecule has 0 aliphatic carbocycles. The number of methoxy groups -OCH3 is 1. The quantitative estimate of drug-likeness (QED) is 0.482. The van der Waals surface area contributed by atoms with E-state index in [0.29, 0.717) is 21.7 Å². The van der Waals surface area contributed by atoms with Crippen LogP contribution in [0.15, 0.2) is 35.4 Å². The van der Waals surface area contributed by atoms with Crippen LogP contribution in [0.1, 0.15) is 43.4 Å². The highest BCUT2D eigenvalue weighted by molar-refractivity contribution is 6.35. The van der Waals surface area contributed by atoms with E-state index in [1.54, 1.807) is 38.4 Å². The van der Waals surface area contributed by atoms with Gasteiger partial charge in [0.05, 0.1) is 18.3 Å². The van der Waals surface area contributed by atoms with Gasteiger partial charge in [0, 0.05) is 5.02 Å². The van der Waals surface area contributed by atoms with E-state index in [9.17, 15) is 4.79 Å². The van der Waals surface area contributed by atoms with E-state index in [4.69, 9.17) is 32.7 Å². The molecular formula is C21H24Cl2N2O3. The van der Waals surface area contributed by atoms with Crippen molar-refractivity contribution in [3.8, 4) is 11.5 Å². The van der Waals surface area contributed by atoms with E-state index in [-0.39, 0.29) is 0 Å². The van der Waals surface area contributed by atoms with Gasteiger partial charge in [-0.2, -0.15) is 5.10 Å². The van der Waals surface area contributed by atoms with E-state index in [1.165, 1.54) is 0 Å². The third-order valence-corrected chi connectivity index (χ3v) is 4.72. The van der Waals surface area contributed by atoms with Gasteiger partial charge in [0.1, 0.15) is 11.5 Å². The minimum Gasteiger partial charge on any atom is -0.496 e. The van der Waals surface area contributed by atoms with Crippen LogP contribution in [0.5, 0.6) is 11.5 Å². The van der Waals surface area contributed by atoms with E-state index in [1.807, 2.05) is 19.1 Å². The van der Waals surface area contributed by atoms with Crippen LogP contribution in [-0.4, -0.2) is 25.3 Å². The number of amides is 1. The molecule has 28 heavy (non-hydrogen) atoms. The molecule has 1 N–H and O–H groups in total. The second-order valence-electron chi connectivity index (χ2n) is 6.67. The molecule has 150 valence electrons. The zero-order valence-corrected chi connectivity index (χ0v) is 18.1. The Kier molecular flexibility index (Phi) is 7.72. The normalized spacial score (nSPS) is 12.3. The molecular weight excluding hydrogens is 399 g/mol. The molecule has 0 spiro atoms. The van der Waals surface area contributed by atoms with Crippen molar-refractivity contribution in [1.82, 2.24) is 5.43 Å². The van der Waals surface area contributed by atoms with Gasteiger partial charge in [0.15, 0.2) is 6.10 Å². The van der Waals surface area contributed by atoms with Crippen molar-refractivity contribution in [1.29, 1.82) is 0 Å². The Balaban J connectivity index is 2.05. The highest BCUT2D eigenvalue weighted by Crippen LogP contribution is 2.29. The summed E-state index contributed by atoms with van der Waals surface area (Å²) in [5, 5.41) is 4.89. The Morgan fingerprint density at radius 1 is 1.14 bits per heavy atom. The first-order chi connectivity index (χ1) is 13.2. The summed E-state index contributed by atoms with van der Waals surface area (Å²) in [6.45, 7) is 7.77. The molecule has 7 heteroatoms. The number of carbonyl (C=O) groups excluding carboxylic acids is 1. The van der Waals surface area contributed by atoms with Gasteiger partial charge in [-0.3, -0.25) is 4.79 Å². The second kappa shape index (κ2) is 9.80. The Morgan fingerprint density at radius 2 is 1.86 bits per heavy atom. The fourth-order valence-electron chi connectivity index (χ4n) is 2.55. The number of nitrogens with one attached hydrogen (secondary N) is 1. The SMILES string of the molecule is COc1cc(C)c(C=NNC(=O)C(C)Oc2ccc(Cl)cc2Cl)cc1C(C)C. The average molecular weight is 423 g/mol. The maximum Gasteiger partial charge on any atom is 0.280 e. The molecule has 1 atom stereocenters. The Labute approximate surface area is 175 Å². The van der Waals surface area contributed by atoms with Crippen molar-refractivity contribution in [3.05, 3.63) is 57.1 Å². The number of nitrogens with zero attached hydrogens (tertiary/aromatic N) is 1. The van der Waals surface area contributed by atoms with Gasteiger partial charge in [0.25, 0.3) is 5.91 Å².